The molecule has 1 aliphatic carbocycles. The predicted octanol–water partition coefficient (Wildman–Crippen LogP) is 2.84. The summed E-state index contributed by atoms with van der Waals surface area (Å²) in [7, 11) is 0. The number of rotatable bonds is 4. The number of nitrogens with zero attached hydrogens (tertiary/aromatic N) is 3. The van der Waals surface area contributed by atoms with Crippen LogP contribution in [0.25, 0.3) is 0 Å². The highest BCUT2D eigenvalue weighted by molar-refractivity contribution is 6.30. The van der Waals surface area contributed by atoms with Gasteiger partial charge in [-0.15, -0.1) is 0 Å². The first-order chi connectivity index (χ1) is 12.7. The van der Waals surface area contributed by atoms with Crippen LogP contribution >= 0.6 is 11.6 Å². The number of likely N-dealkylation sites (tertiary alicyclic amines) is 1. The Kier molecular flexibility index (Phi) is 6.17. The second-order valence-corrected chi connectivity index (χ2v) is 8.76. The van der Waals surface area contributed by atoms with E-state index in [2.05, 4.69) is 26.8 Å². The summed E-state index contributed by atoms with van der Waals surface area (Å²) in [6.45, 7) is 7.21. The standard InChI is InChI=1S/C21H32ClN3O/c22-18-8-6-17(7-9-18)14-23-10-12-24(13-11-23)20-15-25(16-21(20)26)19-4-2-1-3-5-19/h6-9,19-21,26H,1-5,10-16H2/t20?,21-/m0/s1. The summed E-state index contributed by atoms with van der Waals surface area (Å²) in [5, 5.41) is 11.5. The lowest BCUT2D eigenvalue weighted by molar-refractivity contribution is 0.0423. The molecule has 5 heteroatoms. The Balaban J connectivity index is 1.27. The van der Waals surface area contributed by atoms with Crippen LogP contribution in [0.5, 0.6) is 0 Å². The van der Waals surface area contributed by atoms with Gasteiger partial charge in [0.15, 0.2) is 0 Å². The normalized spacial score (nSPS) is 30.1. The molecule has 2 heterocycles. The van der Waals surface area contributed by atoms with Crippen LogP contribution in [-0.2, 0) is 6.54 Å². The molecule has 3 aliphatic rings. The zero-order valence-corrected chi connectivity index (χ0v) is 16.4. The van der Waals surface area contributed by atoms with Crippen LogP contribution in [0, 0.1) is 0 Å². The van der Waals surface area contributed by atoms with E-state index in [1.54, 1.807) is 0 Å². The van der Waals surface area contributed by atoms with Gasteiger partial charge >= 0.3 is 0 Å². The van der Waals surface area contributed by atoms with Crippen molar-refractivity contribution in [2.75, 3.05) is 39.3 Å². The minimum Gasteiger partial charge on any atom is -0.390 e. The molecule has 1 aromatic rings. The maximum absolute atomic E-state index is 10.7. The molecule has 4 nitrogen and oxygen atoms in total. The van der Waals surface area contributed by atoms with Crippen molar-refractivity contribution in [3.63, 3.8) is 0 Å². The van der Waals surface area contributed by atoms with Crippen LogP contribution in [0.15, 0.2) is 24.3 Å². The van der Waals surface area contributed by atoms with Crippen LogP contribution in [0.3, 0.4) is 0 Å². The molecule has 2 aliphatic heterocycles. The molecule has 1 N–H and O–H groups in total. The first-order valence-electron chi connectivity index (χ1n) is 10.3. The summed E-state index contributed by atoms with van der Waals surface area (Å²) in [5.74, 6) is 0. The molecule has 0 aromatic heterocycles. The largest absolute Gasteiger partial charge is 0.390 e. The smallest absolute Gasteiger partial charge is 0.0834 e. The SMILES string of the molecule is O[C@H]1CN(C2CCCCC2)CC1N1CCN(Cc2ccc(Cl)cc2)CC1. The molecule has 1 saturated carbocycles. The fourth-order valence-electron chi connectivity index (χ4n) is 5.00. The van der Waals surface area contributed by atoms with Crippen LogP contribution in [-0.4, -0.2) is 77.3 Å². The average Bonchev–Trinajstić information content (AvgIpc) is 3.07. The molecule has 3 fully saturated rings. The number of aliphatic hydroxyl groups excluding tert-OH is 1. The number of halogens is 1. The van der Waals surface area contributed by atoms with Crippen molar-refractivity contribution in [3.8, 4) is 0 Å². The molecule has 1 aromatic carbocycles. The van der Waals surface area contributed by atoms with Gasteiger partial charge in [0.1, 0.15) is 0 Å². The summed E-state index contributed by atoms with van der Waals surface area (Å²) >= 11 is 5.98. The third-order valence-corrected chi connectivity index (χ3v) is 6.83. The van der Waals surface area contributed by atoms with Crippen molar-refractivity contribution in [2.24, 2.45) is 0 Å². The van der Waals surface area contributed by atoms with Gasteiger partial charge in [-0.05, 0) is 30.5 Å². The number of hydrogen-bond acceptors (Lipinski definition) is 4. The van der Waals surface area contributed by atoms with Gasteiger partial charge in [0.2, 0.25) is 0 Å². The number of piperazine rings is 1. The van der Waals surface area contributed by atoms with Gasteiger partial charge < -0.3 is 5.11 Å². The maximum atomic E-state index is 10.7. The van der Waals surface area contributed by atoms with E-state index >= 15 is 0 Å². The van der Waals surface area contributed by atoms with Crippen molar-refractivity contribution in [3.05, 3.63) is 34.9 Å². The van der Waals surface area contributed by atoms with Gasteiger partial charge in [-0.3, -0.25) is 14.7 Å². The lowest BCUT2D eigenvalue weighted by Crippen LogP contribution is -2.53. The molecule has 2 atom stereocenters. The average molecular weight is 378 g/mol. The zero-order chi connectivity index (χ0) is 17.9. The molecular formula is C21H32ClN3O. The summed E-state index contributed by atoms with van der Waals surface area (Å²) < 4.78 is 0. The molecule has 0 bridgehead atoms. The van der Waals surface area contributed by atoms with Gasteiger partial charge in [0.25, 0.3) is 0 Å². The van der Waals surface area contributed by atoms with E-state index in [0.717, 1.165) is 56.9 Å². The quantitative estimate of drug-likeness (QED) is 0.873. The second-order valence-electron chi connectivity index (χ2n) is 8.32. The topological polar surface area (TPSA) is 30.0 Å². The fraction of sp³-hybridized carbons (Fsp3) is 0.714. The van der Waals surface area contributed by atoms with E-state index in [-0.39, 0.29) is 6.10 Å². The lowest BCUT2D eigenvalue weighted by Gasteiger charge is -2.39. The Labute approximate surface area is 162 Å². The molecule has 2 saturated heterocycles. The third-order valence-electron chi connectivity index (χ3n) is 6.57. The highest BCUT2D eigenvalue weighted by Crippen LogP contribution is 2.28. The summed E-state index contributed by atoms with van der Waals surface area (Å²) in [6.07, 6.45) is 6.60. The fourth-order valence-corrected chi connectivity index (χ4v) is 5.13. The van der Waals surface area contributed by atoms with Gasteiger partial charge in [0, 0.05) is 62.9 Å². The molecular weight excluding hydrogens is 346 g/mol. The van der Waals surface area contributed by atoms with E-state index in [4.69, 9.17) is 11.6 Å². The molecule has 26 heavy (non-hydrogen) atoms. The van der Waals surface area contributed by atoms with Crippen molar-refractivity contribution >= 4 is 11.6 Å². The van der Waals surface area contributed by atoms with E-state index in [1.165, 1.54) is 37.7 Å². The van der Waals surface area contributed by atoms with Crippen LogP contribution in [0.1, 0.15) is 37.7 Å². The Morgan fingerprint density at radius 1 is 0.885 bits per heavy atom. The van der Waals surface area contributed by atoms with Gasteiger partial charge in [-0.25, -0.2) is 0 Å². The van der Waals surface area contributed by atoms with Crippen molar-refractivity contribution < 1.29 is 5.11 Å². The molecule has 4 rings (SSSR count). The summed E-state index contributed by atoms with van der Waals surface area (Å²) in [4.78, 5) is 7.63. The number of hydrogen-bond donors (Lipinski definition) is 1. The molecule has 1 unspecified atom stereocenters. The zero-order valence-electron chi connectivity index (χ0n) is 15.7. The van der Waals surface area contributed by atoms with Gasteiger partial charge in [-0.1, -0.05) is 43.0 Å². The Morgan fingerprint density at radius 2 is 1.58 bits per heavy atom. The first-order valence-corrected chi connectivity index (χ1v) is 10.7. The molecule has 0 spiro atoms. The van der Waals surface area contributed by atoms with Crippen LogP contribution in [0.2, 0.25) is 5.02 Å². The monoisotopic (exact) mass is 377 g/mol. The highest BCUT2D eigenvalue weighted by Gasteiger charge is 2.39. The number of aliphatic hydroxyl groups is 1. The summed E-state index contributed by atoms with van der Waals surface area (Å²) in [6, 6.07) is 9.24. The van der Waals surface area contributed by atoms with E-state index in [0.29, 0.717) is 6.04 Å². The number of β-amino-alcohol motifs (C(OH)–C–C–N with tert-alkyl or cyclic N) is 1. The van der Waals surface area contributed by atoms with Crippen molar-refractivity contribution in [1.29, 1.82) is 0 Å². The molecule has 0 radical (unpaired) electrons. The van der Waals surface area contributed by atoms with Crippen LogP contribution in [0.4, 0.5) is 0 Å². The third kappa shape index (κ3) is 4.42. The Bertz CT molecular complexity index is 567. The Hall–Kier alpha value is -0.650. The van der Waals surface area contributed by atoms with Gasteiger partial charge in [-0.2, -0.15) is 0 Å². The van der Waals surface area contributed by atoms with Crippen molar-refractivity contribution in [1.82, 2.24) is 14.7 Å². The van der Waals surface area contributed by atoms with Gasteiger partial charge in [0.05, 0.1) is 6.10 Å². The van der Waals surface area contributed by atoms with E-state index < -0.39 is 0 Å². The maximum Gasteiger partial charge on any atom is 0.0834 e. The van der Waals surface area contributed by atoms with Crippen molar-refractivity contribution in [2.45, 2.75) is 56.8 Å². The molecule has 144 valence electrons. The second kappa shape index (κ2) is 8.57. The predicted molar refractivity (Wildman–Crippen MR) is 107 cm³/mol. The minimum atomic E-state index is -0.181. The Morgan fingerprint density at radius 3 is 2.27 bits per heavy atom. The van der Waals surface area contributed by atoms with Crippen LogP contribution < -0.4 is 0 Å². The van der Waals surface area contributed by atoms with E-state index in [9.17, 15) is 5.11 Å². The molecule has 0 amide bonds. The van der Waals surface area contributed by atoms with E-state index in [1.807, 2.05) is 12.1 Å². The summed E-state index contributed by atoms with van der Waals surface area (Å²) in [5.41, 5.74) is 1.33. The highest BCUT2D eigenvalue weighted by atomic mass is 35.5. The number of benzene rings is 1. The lowest BCUT2D eigenvalue weighted by atomic mass is 9.94. The minimum absolute atomic E-state index is 0.181. The first kappa shape index (κ1) is 18.7.